The molecule has 0 aromatic heterocycles. The van der Waals surface area contributed by atoms with Crippen LogP contribution in [0, 0.1) is 0 Å². The highest BCUT2D eigenvalue weighted by Crippen LogP contribution is 2.14. The lowest BCUT2D eigenvalue weighted by molar-refractivity contribution is -0.129. The van der Waals surface area contributed by atoms with E-state index in [0.29, 0.717) is 0 Å². The van der Waals surface area contributed by atoms with Gasteiger partial charge in [0.1, 0.15) is 0 Å². The van der Waals surface area contributed by atoms with Gasteiger partial charge in [-0.2, -0.15) is 0 Å². The predicted octanol–water partition coefficient (Wildman–Crippen LogP) is -1.35. The average Bonchev–Trinajstić information content (AvgIpc) is 2.81. The van der Waals surface area contributed by atoms with Gasteiger partial charge in [0.05, 0.1) is 0 Å². The average molecular weight is 451 g/mol. The number of hydroxylamine groups is 2. The van der Waals surface area contributed by atoms with Gasteiger partial charge in [-0.15, -0.1) is 0 Å². The number of ketones is 1. The molecule has 0 aliphatic carbocycles. The van der Waals surface area contributed by atoms with Crippen LogP contribution in [0.4, 0.5) is 0 Å². The van der Waals surface area contributed by atoms with Gasteiger partial charge in [-0.05, 0) is 18.2 Å². The Morgan fingerprint density at radius 3 is 1.56 bits per heavy atom. The van der Waals surface area contributed by atoms with E-state index in [4.69, 9.17) is 10.4 Å². The van der Waals surface area contributed by atoms with E-state index in [0.717, 1.165) is 0 Å². The fourth-order valence-electron chi connectivity index (χ4n) is 2.44. The van der Waals surface area contributed by atoms with Crippen molar-refractivity contribution in [2.75, 3.05) is 20.1 Å². The molecule has 1 rings (SSSR count). The minimum Gasteiger partial charge on any atom is -0.359 e. The molecule has 1 aromatic carbocycles. The fourth-order valence-corrected chi connectivity index (χ4v) is 2.44. The molecular formula is C19H25N5O8. The Bertz CT molecular complexity index is 834. The highest BCUT2D eigenvalue weighted by molar-refractivity contribution is 6.05. The second-order valence-corrected chi connectivity index (χ2v) is 6.48. The molecule has 13 nitrogen and oxygen atoms in total. The number of rotatable bonds is 12. The van der Waals surface area contributed by atoms with Crippen molar-refractivity contribution >= 4 is 35.3 Å². The standard InChI is InChI=1S/C19H25N5O8/c1-20-15(26)4-6-21-18(29)12-8-11(14(25)2-3-16(27)23-31)9-13(10-12)19(30)22-7-5-17(28)24-32/h8-10,31-32H,2-7H2,1H3,(H,20,26)(H,21,29)(H,22,30)(H,23,27)(H,24,28). The monoisotopic (exact) mass is 451 g/mol. The number of amides is 5. The van der Waals surface area contributed by atoms with Crippen LogP contribution < -0.4 is 26.9 Å². The molecule has 7 N–H and O–H groups in total. The zero-order chi connectivity index (χ0) is 24.1. The molecule has 0 saturated heterocycles. The van der Waals surface area contributed by atoms with Crippen molar-refractivity contribution in [3.05, 3.63) is 34.9 Å². The van der Waals surface area contributed by atoms with Gasteiger partial charge in [-0.25, -0.2) is 11.0 Å². The molecule has 0 bridgehead atoms. The lowest BCUT2D eigenvalue weighted by atomic mass is 9.99. The van der Waals surface area contributed by atoms with E-state index < -0.39 is 29.4 Å². The third-order valence-corrected chi connectivity index (χ3v) is 4.16. The first kappa shape index (κ1) is 26.2. The molecular weight excluding hydrogens is 426 g/mol. The van der Waals surface area contributed by atoms with Gasteiger partial charge in [-0.1, -0.05) is 0 Å². The van der Waals surface area contributed by atoms with Crippen molar-refractivity contribution in [3.63, 3.8) is 0 Å². The van der Waals surface area contributed by atoms with Gasteiger partial charge in [0.2, 0.25) is 17.7 Å². The smallest absolute Gasteiger partial charge is 0.251 e. The van der Waals surface area contributed by atoms with E-state index in [2.05, 4.69) is 16.0 Å². The maximum atomic E-state index is 12.5. The first-order valence-corrected chi connectivity index (χ1v) is 9.53. The van der Waals surface area contributed by atoms with Crippen LogP contribution in [-0.2, 0) is 14.4 Å². The van der Waals surface area contributed by atoms with Gasteiger partial charge in [-0.3, -0.25) is 39.2 Å². The van der Waals surface area contributed by atoms with Crippen LogP contribution in [-0.4, -0.2) is 65.9 Å². The highest BCUT2D eigenvalue weighted by atomic mass is 16.5. The first-order valence-electron chi connectivity index (χ1n) is 9.53. The van der Waals surface area contributed by atoms with Crippen LogP contribution >= 0.6 is 0 Å². The number of benzene rings is 1. The molecule has 0 fully saturated rings. The third kappa shape index (κ3) is 8.89. The summed E-state index contributed by atoms with van der Waals surface area (Å²) in [4.78, 5) is 70.8. The van der Waals surface area contributed by atoms with Gasteiger partial charge >= 0.3 is 0 Å². The molecule has 0 unspecified atom stereocenters. The first-order chi connectivity index (χ1) is 15.2. The molecule has 0 spiro atoms. The molecule has 1 aromatic rings. The summed E-state index contributed by atoms with van der Waals surface area (Å²) < 4.78 is 0. The molecule has 174 valence electrons. The Labute approximate surface area is 182 Å². The number of hydrogen-bond donors (Lipinski definition) is 7. The van der Waals surface area contributed by atoms with Crippen molar-refractivity contribution in [2.24, 2.45) is 0 Å². The van der Waals surface area contributed by atoms with Crippen LogP contribution in [0.2, 0.25) is 0 Å². The second kappa shape index (κ2) is 13.5. The van der Waals surface area contributed by atoms with E-state index >= 15 is 0 Å². The summed E-state index contributed by atoms with van der Waals surface area (Å²) in [6.45, 7) is -0.0983. The third-order valence-electron chi connectivity index (χ3n) is 4.16. The predicted molar refractivity (Wildman–Crippen MR) is 108 cm³/mol. The van der Waals surface area contributed by atoms with Crippen molar-refractivity contribution in [2.45, 2.75) is 25.7 Å². The van der Waals surface area contributed by atoms with Gasteiger partial charge in [0.15, 0.2) is 5.78 Å². The van der Waals surface area contributed by atoms with Crippen LogP contribution in [0.15, 0.2) is 18.2 Å². The van der Waals surface area contributed by atoms with Gasteiger partial charge in [0.25, 0.3) is 11.8 Å². The van der Waals surface area contributed by atoms with Crippen LogP contribution in [0.25, 0.3) is 0 Å². The van der Waals surface area contributed by atoms with E-state index in [1.807, 2.05) is 0 Å². The normalized spacial score (nSPS) is 9.97. The molecule has 0 aliphatic rings. The second-order valence-electron chi connectivity index (χ2n) is 6.48. The zero-order valence-corrected chi connectivity index (χ0v) is 17.3. The van der Waals surface area contributed by atoms with E-state index in [1.54, 1.807) is 0 Å². The molecule has 0 atom stereocenters. The zero-order valence-electron chi connectivity index (χ0n) is 17.3. The summed E-state index contributed by atoms with van der Waals surface area (Å²) >= 11 is 0. The van der Waals surface area contributed by atoms with E-state index in [-0.39, 0.29) is 61.4 Å². The van der Waals surface area contributed by atoms with Crippen LogP contribution in [0.5, 0.6) is 0 Å². The summed E-state index contributed by atoms with van der Waals surface area (Å²) in [5, 5.41) is 24.3. The molecule has 0 heterocycles. The maximum absolute atomic E-state index is 12.5. The number of carbonyl (C=O) groups excluding carboxylic acids is 6. The molecule has 0 radical (unpaired) electrons. The van der Waals surface area contributed by atoms with E-state index in [1.165, 1.54) is 36.2 Å². The maximum Gasteiger partial charge on any atom is 0.251 e. The van der Waals surface area contributed by atoms with Crippen molar-refractivity contribution in [1.29, 1.82) is 0 Å². The lowest BCUT2D eigenvalue weighted by Crippen LogP contribution is -2.31. The lowest BCUT2D eigenvalue weighted by Gasteiger charge is -2.11. The summed E-state index contributed by atoms with van der Waals surface area (Å²) in [7, 11) is 1.45. The largest absolute Gasteiger partial charge is 0.359 e. The molecule has 32 heavy (non-hydrogen) atoms. The molecule has 13 heteroatoms. The molecule has 5 amide bonds. The Balaban J connectivity index is 3.04. The number of Topliss-reactive ketones (excluding diaryl/α,β-unsaturated/α-hetero) is 1. The van der Waals surface area contributed by atoms with Crippen LogP contribution in [0.3, 0.4) is 0 Å². The minimum atomic E-state index is -0.776. The summed E-state index contributed by atoms with van der Waals surface area (Å²) in [6.07, 6.45) is -0.775. The SMILES string of the molecule is CNC(=O)CCNC(=O)c1cc(C(=O)CCC(=O)NO)cc(C(=O)NCCC(=O)NO)c1. The highest BCUT2D eigenvalue weighted by Gasteiger charge is 2.17. The van der Waals surface area contributed by atoms with Crippen LogP contribution in [0.1, 0.15) is 56.8 Å². The van der Waals surface area contributed by atoms with Crippen molar-refractivity contribution in [1.82, 2.24) is 26.9 Å². The Hall–Kier alpha value is -3.84. The van der Waals surface area contributed by atoms with Gasteiger partial charge < -0.3 is 16.0 Å². The topological polar surface area (TPSA) is 203 Å². The summed E-state index contributed by atoms with van der Waals surface area (Å²) in [5.74, 6) is -3.65. The molecule has 0 saturated carbocycles. The van der Waals surface area contributed by atoms with Gasteiger partial charge in [0, 0.05) is 62.5 Å². The Morgan fingerprint density at radius 1 is 0.656 bits per heavy atom. The summed E-state index contributed by atoms with van der Waals surface area (Å²) in [5.41, 5.74) is 2.72. The van der Waals surface area contributed by atoms with Crippen molar-refractivity contribution < 1.29 is 39.2 Å². The summed E-state index contributed by atoms with van der Waals surface area (Å²) in [6, 6.07) is 3.69. The number of carbonyl (C=O) groups is 6. The molecule has 0 aliphatic heterocycles. The Morgan fingerprint density at radius 2 is 1.09 bits per heavy atom. The number of nitrogens with one attached hydrogen (secondary N) is 5. The van der Waals surface area contributed by atoms with Crippen molar-refractivity contribution in [3.8, 4) is 0 Å². The fraction of sp³-hybridized carbons (Fsp3) is 0.368. The Kier molecular flexibility index (Phi) is 11.0. The minimum absolute atomic E-state index is 0.0190. The number of hydrogen-bond acceptors (Lipinski definition) is 8. The quantitative estimate of drug-likeness (QED) is 0.115. The van der Waals surface area contributed by atoms with E-state index in [9.17, 15) is 28.8 Å².